The van der Waals surface area contributed by atoms with Crippen LogP contribution in [-0.2, 0) is 4.79 Å². The Kier molecular flexibility index (Phi) is 3.44. The number of nitro groups is 1. The predicted octanol–water partition coefficient (Wildman–Crippen LogP) is 0.955. The van der Waals surface area contributed by atoms with Gasteiger partial charge in [0.25, 0.3) is 0 Å². The van der Waals surface area contributed by atoms with Gasteiger partial charge in [0.15, 0.2) is 0 Å². The Morgan fingerprint density at radius 2 is 2.33 bits per heavy atom. The molecule has 0 aliphatic carbocycles. The van der Waals surface area contributed by atoms with Crippen LogP contribution in [0.3, 0.4) is 0 Å². The molecular formula is C10H11ClN4O3. The van der Waals surface area contributed by atoms with Crippen LogP contribution in [0, 0.1) is 16.0 Å². The minimum atomic E-state index is -0.582. The second kappa shape index (κ2) is 4.87. The molecule has 0 spiro atoms. The van der Waals surface area contributed by atoms with E-state index in [2.05, 4.69) is 4.98 Å². The topological polar surface area (TPSA) is 102 Å². The lowest BCUT2D eigenvalue weighted by Gasteiger charge is -2.15. The first-order valence-corrected chi connectivity index (χ1v) is 5.72. The van der Waals surface area contributed by atoms with Crippen molar-refractivity contribution >= 4 is 29.0 Å². The Hall–Kier alpha value is -1.73. The zero-order valence-electron chi connectivity index (χ0n) is 9.38. The molecule has 1 fully saturated rings. The van der Waals surface area contributed by atoms with Crippen LogP contribution in [0.5, 0.6) is 0 Å². The first-order valence-electron chi connectivity index (χ1n) is 5.34. The van der Waals surface area contributed by atoms with Crippen molar-refractivity contribution in [3.8, 4) is 0 Å². The number of amides is 1. The lowest BCUT2D eigenvalue weighted by atomic mass is 10.1. The standard InChI is InChI=1S/C10H11ClN4O3/c11-8-2-1-7(15(17)18)10(13-8)14-5-6(4-12)3-9(14)16/h1-2,6H,3-5,12H2. The third kappa shape index (κ3) is 2.27. The second-order valence-electron chi connectivity index (χ2n) is 4.04. The summed E-state index contributed by atoms with van der Waals surface area (Å²) in [5, 5.41) is 11.0. The molecule has 96 valence electrons. The van der Waals surface area contributed by atoms with Gasteiger partial charge in [0.1, 0.15) is 5.15 Å². The van der Waals surface area contributed by atoms with Gasteiger partial charge in [-0.15, -0.1) is 0 Å². The summed E-state index contributed by atoms with van der Waals surface area (Å²) in [6.07, 6.45) is 0.280. The van der Waals surface area contributed by atoms with Gasteiger partial charge in [0.05, 0.1) is 4.92 Å². The molecule has 8 heteroatoms. The van der Waals surface area contributed by atoms with Gasteiger partial charge in [-0.3, -0.25) is 19.8 Å². The number of anilines is 1. The van der Waals surface area contributed by atoms with E-state index in [0.717, 1.165) is 0 Å². The van der Waals surface area contributed by atoms with E-state index in [1.165, 1.54) is 17.0 Å². The quantitative estimate of drug-likeness (QED) is 0.500. The predicted molar refractivity (Wildman–Crippen MR) is 65.4 cm³/mol. The minimum absolute atomic E-state index is 0.00196. The molecule has 1 aromatic heterocycles. The molecule has 2 heterocycles. The monoisotopic (exact) mass is 270 g/mol. The Morgan fingerprint density at radius 1 is 1.61 bits per heavy atom. The van der Waals surface area contributed by atoms with E-state index in [9.17, 15) is 14.9 Å². The Balaban J connectivity index is 2.41. The highest BCUT2D eigenvalue weighted by Crippen LogP contribution is 2.31. The number of hydrogen-bond donors (Lipinski definition) is 1. The lowest BCUT2D eigenvalue weighted by molar-refractivity contribution is -0.384. The number of carbonyl (C=O) groups is 1. The Bertz CT molecular complexity index is 508. The van der Waals surface area contributed by atoms with E-state index in [0.29, 0.717) is 13.1 Å². The average Bonchev–Trinajstić information content (AvgIpc) is 2.70. The number of nitrogens with two attached hydrogens (primary N) is 1. The summed E-state index contributed by atoms with van der Waals surface area (Å²) in [4.78, 5) is 27.3. The summed E-state index contributed by atoms with van der Waals surface area (Å²) in [5.41, 5.74) is 5.27. The number of pyridine rings is 1. The van der Waals surface area contributed by atoms with Crippen molar-refractivity contribution in [1.29, 1.82) is 0 Å². The van der Waals surface area contributed by atoms with E-state index < -0.39 is 4.92 Å². The molecule has 2 rings (SSSR count). The van der Waals surface area contributed by atoms with E-state index >= 15 is 0 Å². The highest BCUT2D eigenvalue weighted by atomic mass is 35.5. The van der Waals surface area contributed by atoms with E-state index in [1.54, 1.807) is 0 Å². The van der Waals surface area contributed by atoms with Gasteiger partial charge in [0.2, 0.25) is 11.7 Å². The van der Waals surface area contributed by atoms with Gasteiger partial charge in [-0.25, -0.2) is 4.98 Å². The summed E-state index contributed by atoms with van der Waals surface area (Å²) >= 11 is 5.72. The van der Waals surface area contributed by atoms with Crippen LogP contribution >= 0.6 is 11.6 Å². The van der Waals surface area contributed by atoms with Crippen molar-refractivity contribution in [1.82, 2.24) is 4.98 Å². The molecule has 0 bridgehead atoms. The van der Waals surface area contributed by atoms with Crippen LogP contribution in [0.15, 0.2) is 12.1 Å². The van der Waals surface area contributed by atoms with Crippen molar-refractivity contribution in [2.24, 2.45) is 11.7 Å². The van der Waals surface area contributed by atoms with Gasteiger partial charge in [-0.1, -0.05) is 11.6 Å². The van der Waals surface area contributed by atoms with Crippen molar-refractivity contribution < 1.29 is 9.72 Å². The maximum Gasteiger partial charge on any atom is 0.312 e. The molecule has 1 atom stereocenters. The van der Waals surface area contributed by atoms with Gasteiger partial charge in [-0.05, 0) is 18.5 Å². The summed E-state index contributed by atoms with van der Waals surface area (Å²) in [7, 11) is 0. The summed E-state index contributed by atoms with van der Waals surface area (Å²) in [6, 6.07) is 2.57. The zero-order chi connectivity index (χ0) is 13.3. The molecule has 1 aliphatic rings. The van der Waals surface area contributed by atoms with E-state index in [-0.39, 0.29) is 34.9 Å². The molecule has 0 aromatic carbocycles. The first kappa shape index (κ1) is 12.7. The normalized spacial score (nSPS) is 19.3. The van der Waals surface area contributed by atoms with Gasteiger partial charge in [-0.2, -0.15) is 0 Å². The van der Waals surface area contributed by atoms with Gasteiger partial charge < -0.3 is 5.73 Å². The van der Waals surface area contributed by atoms with E-state index in [4.69, 9.17) is 17.3 Å². The van der Waals surface area contributed by atoms with Crippen molar-refractivity contribution in [2.75, 3.05) is 18.0 Å². The van der Waals surface area contributed by atoms with Crippen LogP contribution in [0.1, 0.15) is 6.42 Å². The van der Waals surface area contributed by atoms with Crippen molar-refractivity contribution in [2.45, 2.75) is 6.42 Å². The van der Waals surface area contributed by atoms with Crippen LogP contribution in [0.2, 0.25) is 5.15 Å². The average molecular weight is 271 g/mol. The number of nitrogens with zero attached hydrogens (tertiary/aromatic N) is 3. The van der Waals surface area contributed by atoms with Gasteiger partial charge >= 0.3 is 5.69 Å². The molecule has 1 aliphatic heterocycles. The highest BCUT2D eigenvalue weighted by Gasteiger charge is 2.34. The molecule has 1 unspecified atom stereocenters. The fraction of sp³-hybridized carbons (Fsp3) is 0.400. The Morgan fingerprint density at radius 3 is 2.89 bits per heavy atom. The first-order chi connectivity index (χ1) is 8.52. The molecule has 0 radical (unpaired) electrons. The number of carbonyl (C=O) groups excluding carboxylic acids is 1. The van der Waals surface area contributed by atoms with Crippen LogP contribution < -0.4 is 10.6 Å². The third-order valence-electron chi connectivity index (χ3n) is 2.81. The molecule has 7 nitrogen and oxygen atoms in total. The second-order valence-corrected chi connectivity index (χ2v) is 4.43. The lowest BCUT2D eigenvalue weighted by Crippen LogP contribution is -2.27. The molecule has 1 amide bonds. The number of rotatable bonds is 3. The SMILES string of the molecule is NCC1CC(=O)N(c2nc(Cl)ccc2[N+](=O)[O-])C1. The van der Waals surface area contributed by atoms with Crippen molar-refractivity contribution in [3.05, 3.63) is 27.4 Å². The van der Waals surface area contributed by atoms with Crippen LogP contribution in [-0.4, -0.2) is 28.9 Å². The summed E-state index contributed by atoms with van der Waals surface area (Å²) in [5.74, 6) is -0.227. The minimum Gasteiger partial charge on any atom is -0.330 e. The number of hydrogen-bond acceptors (Lipinski definition) is 5. The zero-order valence-corrected chi connectivity index (χ0v) is 10.1. The molecule has 0 saturated carbocycles. The maximum atomic E-state index is 11.8. The van der Waals surface area contributed by atoms with Crippen LogP contribution in [0.25, 0.3) is 0 Å². The molecule has 1 saturated heterocycles. The van der Waals surface area contributed by atoms with Gasteiger partial charge in [0, 0.05) is 19.0 Å². The molecule has 18 heavy (non-hydrogen) atoms. The maximum absolute atomic E-state index is 11.8. The fourth-order valence-electron chi connectivity index (χ4n) is 1.90. The molecule has 2 N–H and O–H groups in total. The smallest absolute Gasteiger partial charge is 0.312 e. The fourth-order valence-corrected chi connectivity index (χ4v) is 2.05. The summed E-state index contributed by atoms with van der Waals surface area (Å²) in [6.45, 7) is 0.695. The third-order valence-corrected chi connectivity index (χ3v) is 3.02. The number of halogens is 1. The Labute approximate surface area is 108 Å². The van der Waals surface area contributed by atoms with Crippen molar-refractivity contribution in [3.63, 3.8) is 0 Å². The molecule has 1 aromatic rings. The highest BCUT2D eigenvalue weighted by molar-refractivity contribution is 6.29. The van der Waals surface area contributed by atoms with E-state index in [1.807, 2.05) is 0 Å². The largest absolute Gasteiger partial charge is 0.330 e. The van der Waals surface area contributed by atoms with Crippen LogP contribution in [0.4, 0.5) is 11.5 Å². The number of aromatic nitrogens is 1. The molecular weight excluding hydrogens is 260 g/mol. The summed E-state index contributed by atoms with van der Waals surface area (Å²) < 4.78 is 0.